The minimum atomic E-state index is -1.39. The van der Waals surface area contributed by atoms with Gasteiger partial charge in [0.2, 0.25) is 12.6 Å². The molecule has 0 aromatic heterocycles. The summed E-state index contributed by atoms with van der Waals surface area (Å²) in [4.78, 5) is 34.3. The monoisotopic (exact) mass is 808 g/mol. The van der Waals surface area contributed by atoms with E-state index in [0.29, 0.717) is 78.7 Å². The second kappa shape index (κ2) is 19.3. The number of ether oxygens (including phenoxy) is 5. The van der Waals surface area contributed by atoms with E-state index in [-0.39, 0.29) is 50.3 Å². The first-order chi connectivity index (χ1) is 28.9. The van der Waals surface area contributed by atoms with Crippen molar-refractivity contribution in [1.82, 2.24) is 4.90 Å². The maximum atomic E-state index is 15.0. The van der Waals surface area contributed by atoms with Crippen LogP contribution in [0, 0.1) is 17.8 Å². The van der Waals surface area contributed by atoms with Crippen LogP contribution in [0.4, 0.5) is 0 Å². The zero-order valence-corrected chi connectivity index (χ0v) is 34.1. The first-order valence-corrected chi connectivity index (χ1v) is 21.0. The summed E-state index contributed by atoms with van der Waals surface area (Å²) in [5.74, 6) is 0.692. The van der Waals surface area contributed by atoms with E-state index in [2.05, 4.69) is 12.7 Å². The summed E-state index contributed by atoms with van der Waals surface area (Å²) in [5, 5.41) is 24.6. The fourth-order valence-electron chi connectivity index (χ4n) is 9.48. The third kappa shape index (κ3) is 8.62. The molecule has 7 rings (SSSR count). The van der Waals surface area contributed by atoms with Gasteiger partial charge in [0, 0.05) is 48.8 Å². The molecule has 2 N–H and O–H groups in total. The number of oxime groups is 1. The van der Waals surface area contributed by atoms with Gasteiger partial charge in [-0.05, 0) is 105 Å². The number of allylic oxidation sites excluding steroid dienone is 1. The van der Waals surface area contributed by atoms with Crippen LogP contribution in [-0.4, -0.2) is 84.6 Å². The lowest BCUT2D eigenvalue weighted by Gasteiger charge is -2.60. The molecular formula is C47H56N2O10. The molecule has 0 unspecified atom stereocenters. The zero-order valence-electron chi connectivity index (χ0n) is 34.1. The molecule has 6 atom stereocenters. The molecule has 3 aromatic rings. The normalized spacial score (nSPS) is 24.3. The standard InChI is InChI=1S/C47H56N2O10/c1-4-20-49(46(53)33-16-18-41-42(26-33)55-30-54-41)43-28-39(48-57-6-3)37-25-32(13-7-9-21-50)36(15-8-10-22-51)44-38-27-35(58-34-14-11-12-31(24-34)29-52)17-19-40(38)59-47(43,45(37)44)56-23-5-2/h5,11-12,14,16-19,24-27,29,32,36,43-45,50-51H,2,4,6-10,13,15,20-23,28,30H2,1,3H3/t32-,36+,43-,44+,45+,47+/m0/s1. The van der Waals surface area contributed by atoms with Crippen LogP contribution in [0.3, 0.4) is 0 Å². The Bertz CT molecular complexity index is 2030. The average Bonchev–Trinajstić information content (AvgIpc) is 3.74. The van der Waals surface area contributed by atoms with E-state index in [9.17, 15) is 19.8 Å². The number of unbranched alkanes of at least 4 members (excludes halogenated alkanes) is 2. The van der Waals surface area contributed by atoms with Crippen molar-refractivity contribution < 1.29 is 48.3 Å². The maximum Gasteiger partial charge on any atom is 0.254 e. The molecule has 59 heavy (non-hydrogen) atoms. The van der Waals surface area contributed by atoms with E-state index < -0.39 is 17.7 Å². The highest BCUT2D eigenvalue weighted by atomic mass is 16.7. The zero-order chi connectivity index (χ0) is 41.4. The average molecular weight is 809 g/mol. The molecule has 0 spiro atoms. The number of aldehydes is 1. The molecule has 0 radical (unpaired) electrons. The van der Waals surface area contributed by atoms with Crippen molar-refractivity contribution >= 4 is 17.9 Å². The van der Waals surface area contributed by atoms with Crippen molar-refractivity contribution in [3.05, 3.63) is 102 Å². The van der Waals surface area contributed by atoms with Crippen LogP contribution in [-0.2, 0) is 9.57 Å². The van der Waals surface area contributed by atoms with E-state index >= 15 is 0 Å². The lowest BCUT2D eigenvalue weighted by molar-refractivity contribution is -0.254. The van der Waals surface area contributed by atoms with Crippen LogP contribution in [0.5, 0.6) is 28.7 Å². The molecule has 2 heterocycles. The molecule has 2 aliphatic heterocycles. The number of amides is 1. The third-order valence-corrected chi connectivity index (χ3v) is 11.9. The van der Waals surface area contributed by atoms with Crippen molar-refractivity contribution in [3.63, 3.8) is 0 Å². The molecule has 12 nitrogen and oxygen atoms in total. The molecule has 1 amide bonds. The first-order valence-electron chi connectivity index (χ1n) is 21.0. The Morgan fingerprint density at radius 1 is 0.966 bits per heavy atom. The molecular weight excluding hydrogens is 753 g/mol. The van der Waals surface area contributed by atoms with Crippen LogP contribution in [0.2, 0.25) is 0 Å². The van der Waals surface area contributed by atoms with E-state index in [4.69, 9.17) is 33.7 Å². The molecule has 12 heteroatoms. The summed E-state index contributed by atoms with van der Waals surface area (Å²) in [6.07, 6.45) is 10.4. The number of carbonyl (C=O) groups is 2. The highest BCUT2D eigenvalue weighted by molar-refractivity contribution is 6.03. The van der Waals surface area contributed by atoms with Gasteiger partial charge >= 0.3 is 0 Å². The Balaban J connectivity index is 1.44. The van der Waals surface area contributed by atoms with Crippen molar-refractivity contribution in [2.75, 3.05) is 39.8 Å². The smallest absolute Gasteiger partial charge is 0.254 e. The second-order valence-electron chi connectivity index (χ2n) is 15.5. The van der Waals surface area contributed by atoms with E-state index in [1.165, 1.54) is 0 Å². The minimum Gasteiger partial charge on any atom is -0.459 e. The highest BCUT2D eigenvalue weighted by Crippen LogP contribution is 2.62. The second-order valence-corrected chi connectivity index (χ2v) is 15.5. The Hall–Kier alpha value is -5.17. The van der Waals surface area contributed by atoms with Crippen molar-refractivity contribution in [2.24, 2.45) is 22.9 Å². The molecule has 0 bridgehead atoms. The SMILES string of the molecule is C=CCO[C@@]12Oc3ccc(Oc4cccc(C=O)c4)cc3[C@H]3[C@H](CCCCO)[C@@H](CCCCO)C=C(C(=NOCC)C[C@@H]1N(CCC)C(=O)c1ccc4c(c1)OCO4)[C@H]32. The van der Waals surface area contributed by atoms with Gasteiger partial charge in [0.05, 0.1) is 18.2 Å². The number of hydrogen-bond donors (Lipinski definition) is 2. The number of aliphatic hydroxyl groups is 2. The molecule has 314 valence electrons. The highest BCUT2D eigenvalue weighted by Gasteiger charge is 2.65. The maximum absolute atomic E-state index is 15.0. The lowest BCUT2D eigenvalue weighted by Crippen LogP contribution is -2.70. The Kier molecular flexibility index (Phi) is 13.7. The minimum absolute atomic E-state index is 0.0493. The number of nitrogens with zero attached hydrogens (tertiary/aromatic N) is 2. The lowest BCUT2D eigenvalue weighted by atomic mass is 9.55. The van der Waals surface area contributed by atoms with Gasteiger partial charge in [-0.3, -0.25) is 9.59 Å². The van der Waals surface area contributed by atoms with Crippen LogP contribution in [0.15, 0.2) is 90.1 Å². The molecule has 0 saturated heterocycles. The molecule has 1 fully saturated rings. The van der Waals surface area contributed by atoms with Crippen molar-refractivity contribution in [2.45, 2.75) is 83.0 Å². The summed E-state index contributed by atoms with van der Waals surface area (Å²) >= 11 is 0. The predicted octanol–water partition coefficient (Wildman–Crippen LogP) is 8.23. The number of rotatable bonds is 20. The van der Waals surface area contributed by atoms with Gasteiger partial charge in [-0.1, -0.05) is 49.2 Å². The van der Waals surface area contributed by atoms with Gasteiger partial charge in [0.1, 0.15) is 36.2 Å². The van der Waals surface area contributed by atoms with Gasteiger partial charge in [-0.2, -0.15) is 0 Å². The van der Waals surface area contributed by atoms with Crippen molar-refractivity contribution in [1.29, 1.82) is 0 Å². The van der Waals surface area contributed by atoms with Crippen molar-refractivity contribution in [3.8, 4) is 28.7 Å². The Morgan fingerprint density at radius 2 is 1.75 bits per heavy atom. The third-order valence-electron chi connectivity index (χ3n) is 11.9. The van der Waals surface area contributed by atoms with Crippen LogP contribution < -0.4 is 18.9 Å². The fourth-order valence-corrected chi connectivity index (χ4v) is 9.48. The number of hydrogen-bond acceptors (Lipinski definition) is 11. The van der Waals surface area contributed by atoms with Gasteiger partial charge in [0.25, 0.3) is 5.91 Å². The number of aliphatic hydroxyl groups excluding tert-OH is 2. The summed E-state index contributed by atoms with van der Waals surface area (Å²) in [6.45, 7) is 9.17. The molecule has 2 aliphatic carbocycles. The van der Waals surface area contributed by atoms with Crippen LogP contribution >= 0.6 is 0 Å². The molecule has 3 aromatic carbocycles. The van der Waals surface area contributed by atoms with E-state index in [1.807, 2.05) is 43.0 Å². The largest absolute Gasteiger partial charge is 0.459 e. The number of benzene rings is 3. The molecule has 4 aliphatic rings. The predicted molar refractivity (Wildman–Crippen MR) is 222 cm³/mol. The Labute approximate surface area is 346 Å². The summed E-state index contributed by atoms with van der Waals surface area (Å²) < 4.78 is 32.1. The van der Waals surface area contributed by atoms with E-state index in [1.54, 1.807) is 42.5 Å². The van der Waals surface area contributed by atoms with Crippen LogP contribution in [0.1, 0.15) is 97.4 Å². The molecule has 1 saturated carbocycles. The van der Waals surface area contributed by atoms with Gasteiger partial charge in [-0.15, -0.1) is 6.58 Å². The first kappa shape index (κ1) is 42.0. The van der Waals surface area contributed by atoms with Gasteiger partial charge < -0.3 is 43.6 Å². The quantitative estimate of drug-likeness (QED) is 0.0496. The van der Waals surface area contributed by atoms with Gasteiger partial charge in [-0.25, -0.2) is 0 Å². The van der Waals surface area contributed by atoms with Gasteiger partial charge in [0.15, 0.2) is 11.5 Å². The number of carbonyl (C=O) groups excluding carboxylic acids is 2. The van der Waals surface area contributed by atoms with Crippen LogP contribution in [0.25, 0.3) is 0 Å². The topological polar surface area (TPSA) is 146 Å². The Morgan fingerprint density at radius 3 is 2.51 bits per heavy atom. The van der Waals surface area contributed by atoms with E-state index in [0.717, 1.165) is 48.8 Å². The summed E-state index contributed by atoms with van der Waals surface area (Å²) in [6, 6.07) is 17.4. The summed E-state index contributed by atoms with van der Waals surface area (Å²) in [7, 11) is 0. The fraction of sp³-hybridized carbons (Fsp3) is 0.468. The summed E-state index contributed by atoms with van der Waals surface area (Å²) in [5.41, 5.74) is 3.58. The number of fused-ring (bicyclic) bond motifs is 3.